The van der Waals surface area contributed by atoms with Crippen LogP contribution < -0.4 is 14.8 Å². The van der Waals surface area contributed by atoms with Gasteiger partial charge in [-0.3, -0.25) is 4.79 Å². The molecule has 4 nitrogen and oxygen atoms in total. The van der Waals surface area contributed by atoms with Crippen molar-refractivity contribution in [2.45, 2.75) is 65.7 Å². The number of rotatable bonds is 10. The van der Waals surface area contributed by atoms with E-state index in [9.17, 15) is 4.79 Å². The SMILES string of the molecule is CCCCOc1ccc(CCC(=O)Nc2ccc(C(C)(C)C)cc2Br)cc1OCC. The van der Waals surface area contributed by atoms with Crippen molar-refractivity contribution in [3.63, 3.8) is 0 Å². The number of unbranched alkanes of at least 4 members (excludes halogenated alkanes) is 1. The predicted molar refractivity (Wildman–Crippen MR) is 128 cm³/mol. The molecule has 0 aliphatic carbocycles. The largest absolute Gasteiger partial charge is 0.490 e. The molecule has 0 unspecified atom stereocenters. The molecule has 30 heavy (non-hydrogen) atoms. The molecule has 0 aromatic heterocycles. The third-order valence-electron chi connectivity index (χ3n) is 4.81. The maximum Gasteiger partial charge on any atom is 0.224 e. The summed E-state index contributed by atoms with van der Waals surface area (Å²) in [5, 5.41) is 3.00. The second-order valence-corrected chi connectivity index (χ2v) is 9.26. The van der Waals surface area contributed by atoms with Crippen molar-refractivity contribution in [1.29, 1.82) is 0 Å². The van der Waals surface area contributed by atoms with Gasteiger partial charge in [-0.2, -0.15) is 0 Å². The number of ether oxygens (including phenoxy) is 2. The van der Waals surface area contributed by atoms with Crippen LogP contribution in [0.2, 0.25) is 0 Å². The van der Waals surface area contributed by atoms with Crippen molar-refractivity contribution >= 4 is 27.5 Å². The van der Waals surface area contributed by atoms with Crippen LogP contribution in [0.15, 0.2) is 40.9 Å². The minimum absolute atomic E-state index is 0.0135. The van der Waals surface area contributed by atoms with Crippen LogP contribution in [0.25, 0.3) is 0 Å². The molecule has 0 saturated heterocycles. The van der Waals surface area contributed by atoms with E-state index < -0.39 is 0 Å². The van der Waals surface area contributed by atoms with E-state index in [4.69, 9.17) is 9.47 Å². The van der Waals surface area contributed by atoms with Crippen LogP contribution in [0.5, 0.6) is 11.5 Å². The molecule has 0 fully saturated rings. The molecule has 0 spiro atoms. The number of carbonyl (C=O) groups is 1. The highest BCUT2D eigenvalue weighted by molar-refractivity contribution is 9.10. The molecule has 0 aliphatic rings. The molecule has 0 aliphatic heterocycles. The summed E-state index contributed by atoms with van der Waals surface area (Å²) in [6, 6.07) is 12.0. The van der Waals surface area contributed by atoms with Crippen LogP contribution in [0.3, 0.4) is 0 Å². The number of hydrogen-bond acceptors (Lipinski definition) is 3. The van der Waals surface area contributed by atoms with Crippen LogP contribution in [-0.2, 0) is 16.6 Å². The van der Waals surface area contributed by atoms with E-state index in [0.717, 1.165) is 40.1 Å². The lowest BCUT2D eigenvalue weighted by molar-refractivity contribution is -0.116. The highest BCUT2D eigenvalue weighted by atomic mass is 79.9. The van der Waals surface area contributed by atoms with Gasteiger partial charge in [-0.15, -0.1) is 0 Å². The first-order chi connectivity index (χ1) is 14.2. The zero-order valence-electron chi connectivity index (χ0n) is 18.8. The number of halogens is 1. The van der Waals surface area contributed by atoms with Gasteiger partial charge in [0.05, 0.1) is 18.9 Å². The molecule has 1 N–H and O–H groups in total. The number of anilines is 1. The normalized spacial score (nSPS) is 11.3. The van der Waals surface area contributed by atoms with Crippen LogP contribution in [0.1, 0.15) is 65.0 Å². The van der Waals surface area contributed by atoms with Crippen molar-refractivity contribution in [2.24, 2.45) is 0 Å². The van der Waals surface area contributed by atoms with Gasteiger partial charge < -0.3 is 14.8 Å². The van der Waals surface area contributed by atoms with Crippen molar-refractivity contribution in [2.75, 3.05) is 18.5 Å². The fourth-order valence-electron chi connectivity index (χ4n) is 2.98. The Morgan fingerprint density at radius 2 is 1.80 bits per heavy atom. The quantitative estimate of drug-likeness (QED) is 0.380. The molecule has 0 radical (unpaired) electrons. The van der Waals surface area contributed by atoms with Gasteiger partial charge in [0.25, 0.3) is 0 Å². The minimum Gasteiger partial charge on any atom is -0.490 e. The second kappa shape index (κ2) is 11.4. The van der Waals surface area contributed by atoms with Crippen LogP contribution in [0, 0.1) is 0 Å². The molecule has 5 heteroatoms. The Balaban J connectivity index is 1.97. The molecular weight excluding hydrogens is 442 g/mol. The summed E-state index contributed by atoms with van der Waals surface area (Å²) in [5.74, 6) is 1.49. The highest BCUT2D eigenvalue weighted by Crippen LogP contribution is 2.31. The second-order valence-electron chi connectivity index (χ2n) is 8.41. The van der Waals surface area contributed by atoms with E-state index in [1.165, 1.54) is 5.56 Å². The van der Waals surface area contributed by atoms with Gasteiger partial charge in [0.2, 0.25) is 5.91 Å². The zero-order valence-corrected chi connectivity index (χ0v) is 20.4. The lowest BCUT2D eigenvalue weighted by Gasteiger charge is -2.20. The molecule has 0 saturated carbocycles. The number of benzene rings is 2. The lowest BCUT2D eigenvalue weighted by Crippen LogP contribution is -2.14. The summed E-state index contributed by atoms with van der Waals surface area (Å²) >= 11 is 3.58. The van der Waals surface area contributed by atoms with E-state index in [2.05, 4.69) is 61.1 Å². The Morgan fingerprint density at radius 1 is 1.03 bits per heavy atom. The minimum atomic E-state index is -0.0135. The Bertz CT molecular complexity index is 843. The Morgan fingerprint density at radius 3 is 2.43 bits per heavy atom. The first-order valence-electron chi connectivity index (χ1n) is 10.7. The monoisotopic (exact) mass is 475 g/mol. The first kappa shape index (κ1) is 24.3. The standard InChI is InChI=1S/C25H34BrNO3/c1-6-8-15-30-22-13-9-18(16-23(22)29-7-2)10-14-24(28)27-21-12-11-19(17-20(21)26)25(3,4)5/h9,11-13,16-17H,6-8,10,14-15H2,1-5H3,(H,27,28). The zero-order chi connectivity index (χ0) is 22.1. The van der Waals surface area contributed by atoms with Crippen LogP contribution >= 0.6 is 15.9 Å². The van der Waals surface area contributed by atoms with E-state index in [-0.39, 0.29) is 11.3 Å². The Labute approximate surface area is 189 Å². The number of aryl methyl sites for hydroxylation is 1. The third-order valence-corrected chi connectivity index (χ3v) is 5.47. The number of hydrogen-bond donors (Lipinski definition) is 1. The fraction of sp³-hybridized carbons (Fsp3) is 0.480. The highest BCUT2D eigenvalue weighted by Gasteiger charge is 2.16. The molecular formula is C25H34BrNO3. The van der Waals surface area contributed by atoms with Gasteiger partial charge in [-0.05, 0) is 76.5 Å². The molecule has 0 atom stereocenters. The van der Waals surface area contributed by atoms with Crippen LogP contribution in [-0.4, -0.2) is 19.1 Å². The van der Waals surface area contributed by atoms with Crippen molar-refractivity contribution < 1.29 is 14.3 Å². The third kappa shape index (κ3) is 7.35. The number of amides is 1. The summed E-state index contributed by atoms with van der Waals surface area (Å²) in [6.07, 6.45) is 3.14. The molecule has 1 amide bonds. The van der Waals surface area contributed by atoms with E-state index >= 15 is 0 Å². The van der Waals surface area contributed by atoms with Crippen molar-refractivity contribution in [3.8, 4) is 11.5 Å². The Hall–Kier alpha value is -2.01. The molecule has 164 valence electrons. The van der Waals surface area contributed by atoms with Gasteiger partial charge in [0, 0.05) is 10.9 Å². The first-order valence-corrected chi connectivity index (χ1v) is 11.5. The molecule has 2 aromatic carbocycles. The topological polar surface area (TPSA) is 47.6 Å². The number of carbonyl (C=O) groups excluding carboxylic acids is 1. The summed E-state index contributed by atoms with van der Waals surface area (Å²) < 4.78 is 12.5. The van der Waals surface area contributed by atoms with Crippen LogP contribution in [0.4, 0.5) is 5.69 Å². The van der Waals surface area contributed by atoms with Gasteiger partial charge in [-0.25, -0.2) is 0 Å². The Kier molecular flexibility index (Phi) is 9.22. The molecule has 0 heterocycles. The average molecular weight is 476 g/mol. The van der Waals surface area contributed by atoms with Crippen molar-refractivity contribution in [1.82, 2.24) is 0 Å². The maximum absolute atomic E-state index is 12.5. The van der Waals surface area contributed by atoms with Gasteiger partial charge >= 0.3 is 0 Å². The van der Waals surface area contributed by atoms with Gasteiger partial charge in [0.1, 0.15) is 0 Å². The molecule has 2 rings (SSSR count). The smallest absolute Gasteiger partial charge is 0.224 e. The molecule has 0 bridgehead atoms. The van der Waals surface area contributed by atoms with Crippen molar-refractivity contribution in [3.05, 3.63) is 52.0 Å². The summed E-state index contributed by atoms with van der Waals surface area (Å²) in [4.78, 5) is 12.5. The predicted octanol–water partition coefficient (Wildman–Crippen LogP) is 6.90. The lowest BCUT2D eigenvalue weighted by atomic mass is 9.87. The fourth-order valence-corrected chi connectivity index (χ4v) is 3.45. The maximum atomic E-state index is 12.5. The van der Waals surface area contributed by atoms with Gasteiger partial charge in [0.15, 0.2) is 11.5 Å². The van der Waals surface area contributed by atoms with E-state index in [1.54, 1.807) is 0 Å². The van der Waals surface area contributed by atoms with E-state index in [1.807, 2.05) is 31.2 Å². The van der Waals surface area contributed by atoms with E-state index in [0.29, 0.717) is 26.1 Å². The summed E-state index contributed by atoms with van der Waals surface area (Å²) in [6.45, 7) is 11.9. The average Bonchev–Trinajstić information content (AvgIpc) is 2.69. The van der Waals surface area contributed by atoms with Gasteiger partial charge in [-0.1, -0.05) is 46.2 Å². The summed E-state index contributed by atoms with van der Waals surface area (Å²) in [5.41, 5.74) is 3.13. The summed E-state index contributed by atoms with van der Waals surface area (Å²) in [7, 11) is 0. The number of nitrogens with one attached hydrogen (secondary N) is 1. The molecule has 2 aromatic rings.